The van der Waals surface area contributed by atoms with Crippen molar-refractivity contribution in [3.8, 4) is 0 Å². The molecule has 5 heteroatoms. The van der Waals surface area contributed by atoms with Gasteiger partial charge in [-0.15, -0.1) is 0 Å². The monoisotopic (exact) mass is 242 g/mol. The minimum atomic E-state index is -0.441. The Morgan fingerprint density at radius 2 is 2.19 bits per heavy atom. The first-order valence-corrected chi connectivity index (χ1v) is 6.08. The third-order valence-corrected chi connectivity index (χ3v) is 3.34. The van der Waals surface area contributed by atoms with Crippen LogP contribution in [0.3, 0.4) is 0 Å². The van der Waals surface area contributed by atoms with Gasteiger partial charge in [-0.2, -0.15) is 0 Å². The third-order valence-electron chi connectivity index (χ3n) is 2.92. The number of carbonyl (C=O) groups is 1. The van der Waals surface area contributed by atoms with E-state index >= 15 is 0 Å². The molecule has 4 nitrogen and oxygen atoms in total. The summed E-state index contributed by atoms with van der Waals surface area (Å²) in [7, 11) is 0. The summed E-state index contributed by atoms with van der Waals surface area (Å²) in [4.78, 5) is 14.6. The summed E-state index contributed by atoms with van der Waals surface area (Å²) in [6, 6.07) is 0.287. The Labute approximate surface area is 101 Å². The van der Waals surface area contributed by atoms with E-state index in [9.17, 15) is 4.79 Å². The minimum absolute atomic E-state index is 0.0450. The first-order chi connectivity index (χ1) is 7.38. The van der Waals surface area contributed by atoms with E-state index in [0.717, 1.165) is 24.4 Å². The summed E-state index contributed by atoms with van der Waals surface area (Å²) in [6.45, 7) is 6.41. The second-order valence-electron chi connectivity index (χ2n) is 5.38. The predicted octanol–water partition coefficient (Wildman–Crippen LogP) is 1.69. The Morgan fingerprint density at radius 3 is 2.81 bits per heavy atom. The van der Waals surface area contributed by atoms with Crippen molar-refractivity contribution in [2.24, 2.45) is 0 Å². The number of amides is 1. The van der Waals surface area contributed by atoms with Crippen LogP contribution in [0.15, 0.2) is 0 Å². The van der Waals surface area contributed by atoms with Crippen LogP contribution >= 0.6 is 12.2 Å². The fourth-order valence-electron chi connectivity index (χ4n) is 2.27. The van der Waals surface area contributed by atoms with Gasteiger partial charge in [-0.25, -0.2) is 4.79 Å². The van der Waals surface area contributed by atoms with Crippen LogP contribution in [0.5, 0.6) is 0 Å². The molecular weight excluding hydrogens is 224 g/mol. The van der Waals surface area contributed by atoms with Gasteiger partial charge >= 0.3 is 6.09 Å². The summed E-state index contributed by atoms with van der Waals surface area (Å²) in [6.07, 6.45) is 1.73. The molecule has 2 aliphatic heterocycles. The van der Waals surface area contributed by atoms with E-state index in [1.165, 1.54) is 0 Å². The SMILES string of the molecule is CC(C)(C)OC(=O)N1C2CC[C@@H]1C(=S)NC2. The Kier molecular flexibility index (Phi) is 2.82. The number of nitrogens with zero attached hydrogens (tertiary/aromatic N) is 1. The first kappa shape index (κ1) is 11.6. The molecular formula is C11H18N2O2S. The lowest BCUT2D eigenvalue weighted by Gasteiger charge is -2.36. The number of ether oxygens (including phenoxy) is 1. The van der Waals surface area contributed by atoms with Crippen LogP contribution < -0.4 is 5.32 Å². The molecule has 1 N–H and O–H groups in total. The molecule has 0 aromatic rings. The topological polar surface area (TPSA) is 41.6 Å². The number of thiocarbonyl (C=S) groups is 1. The van der Waals surface area contributed by atoms with E-state index in [0.29, 0.717) is 0 Å². The first-order valence-electron chi connectivity index (χ1n) is 5.67. The van der Waals surface area contributed by atoms with Gasteiger partial charge in [0.1, 0.15) is 5.60 Å². The smallest absolute Gasteiger partial charge is 0.411 e. The van der Waals surface area contributed by atoms with E-state index in [2.05, 4.69) is 5.32 Å². The van der Waals surface area contributed by atoms with E-state index in [4.69, 9.17) is 17.0 Å². The highest BCUT2D eigenvalue weighted by Gasteiger charge is 2.44. The molecule has 0 aliphatic carbocycles. The fourth-order valence-corrected chi connectivity index (χ4v) is 2.58. The predicted molar refractivity (Wildman–Crippen MR) is 65.5 cm³/mol. The average Bonchev–Trinajstić information content (AvgIpc) is 2.46. The van der Waals surface area contributed by atoms with Gasteiger partial charge in [-0.05, 0) is 33.6 Å². The van der Waals surface area contributed by atoms with Gasteiger partial charge in [-0.3, -0.25) is 4.90 Å². The van der Waals surface area contributed by atoms with Crippen molar-refractivity contribution in [2.45, 2.75) is 51.3 Å². The zero-order valence-corrected chi connectivity index (χ0v) is 10.8. The summed E-state index contributed by atoms with van der Waals surface area (Å²) < 4.78 is 5.41. The number of hydrogen-bond acceptors (Lipinski definition) is 3. The minimum Gasteiger partial charge on any atom is -0.444 e. The highest BCUT2D eigenvalue weighted by Crippen LogP contribution is 2.29. The highest BCUT2D eigenvalue weighted by molar-refractivity contribution is 7.80. The van der Waals surface area contributed by atoms with Crippen LogP contribution in [-0.2, 0) is 4.74 Å². The molecule has 0 radical (unpaired) electrons. The lowest BCUT2D eigenvalue weighted by molar-refractivity contribution is 0.0177. The Hall–Kier alpha value is -0.840. The molecule has 16 heavy (non-hydrogen) atoms. The molecule has 1 unspecified atom stereocenters. The van der Waals surface area contributed by atoms with Crippen molar-refractivity contribution in [3.63, 3.8) is 0 Å². The Morgan fingerprint density at radius 1 is 1.50 bits per heavy atom. The van der Waals surface area contributed by atoms with E-state index in [1.807, 2.05) is 25.7 Å². The van der Waals surface area contributed by atoms with Gasteiger partial charge < -0.3 is 10.1 Å². The van der Waals surface area contributed by atoms with Gasteiger partial charge in [0.15, 0.2) is 0 Å². The second kappa shape index (κ2) is 3.87. The quantitative estimate of drug-likeness (QED) is 0.656. The molecule has 90 valence electrons. The summed E-state index contributed by atoms with van der Waals surface area (Å²) in [5.74, 6) is 0. The average molecular weight is 242 g/mol. The van der Waals surface area contributed by atoms with E-state index < -0.39 is 5.60 Å². The van der Waals surface area contributed by atoms with Crippen molar-refractivity contribution in [1.82, 2.24) is 10.2 Å². The van der Waals surface area contributed by atoms with E-state index in [-0.39, 0.29) is 18.2 Å². The molecule has 2 bridgehead atoms. The number of carbonyl (C=O) groups excluding carboxylic acids is 1. The van der Waals surface area contributed by atoms with Gasteiger partial charge in [0, 0.05) is 6.54 Å². The van der Waals surface area contributed by atoms with Crippen LogP contribution in [0.25, 0.3) is 0 Å². The van der Waals surface area contributed by atoms with Gasteiger partial charge in [0.25, 0.3) is 0 Å². The summed E-state index contributed by atoms with van der Waals surface area (Å²) in [5.41, 5.74) is -0.441. The molecule has 0 spiro atoms. The van der Waals surface area contributed by atoms with Crippen LogP contribution in [0, 0.1) is 0 Å². The number of fused-ring (bicyclic) bond motifs is 2. The Balaban J connectivity index is 2.09. The van der Waals surface area contributed by atoms with Crippen LogP contribution in [0.1, 0.15) is 33.6 Å². The fraction of sp³-hybridized carbons (Fsp3) is 0.818. The Bertz CT molecular complexity index is 324. The largest absolute Gasteiger partial charge is 0.444 e. The molecule has 0 saturated carbocycles. The molecule has 2 saturated heterocycles. The van der Waals surface area contributed by atoms with E-state index in [1.54, 1.807) is 0 Å². The van der Waals surface area contributed by atoms with Crippen LogP contribution in [0.4, 0.5) is 4.79 Å². The van der Waals surface area contributed by atoms with Crippen molar-refractivity contribution in [3.05, 3.63) is 0 Å². The van der Waals surface area contributed by atoms with Crippen molar-refractivity contribution >= 4 is 23.3 Å². The lowest BCUT2D eigenvalue weighted by Crippen LogP contribution is -2.57. The zero-order valence-electron chi connectivity index (χ0n) is 9.95. The number of hydrogen-bond donors (Lipinski definition) is 1. The van der Waals surface area contributed by atoms with Gasteiger partial charge in [0.05, 0.1) is 17.1 Å². The van der Waals surface area contributed by atoms with Gasteiger partial charge in [0.2, 0.25) is 0 Å². The third kappa shape index (κ3) is 2.14. The normalized spacial score (nSPS) is 28.9. The molecule has 2 heterocycles. The van der Waals surface area contributed by atoms with Crippen LogP contribution in [0.2, 0.25) is 0 Å². The maximum atomic E-state index is 12.0. The molecule has 0 aromatic carbocycles. The standard InChI is InChI=1S/C11H18N2O2S/c1-11(2,3)15-10(14)13-7-4-5-8(13)9(16)12-6-7/h7-8H,4-6H2,1-3H3,(H,12,16)/t7?,8-/m1/s1. The molecule has 2 fully saturated rings. The molecule has 2 rings (SSSR count). The zero-order chi connectivity index (χ0) is 11.9. The number of nitrogens with one attached hydrogen (secondary N) is 1. The van der Waals surface area contributed by atoms with Gasteiger partial charge in [-0.1, -0.05) is 12.2 Å². The van der Waals surface area contributed by atoms with Crippen molar-refractivity contribution in [1.29, 1.82) is 0 Å². The lowest BCUT2D eigenvalue weighted by atomic mass is 10.2. The molecule has 2 atom stereocenters. The molecule has 0 aromatic heterocycles. The maximum Gasteiger partial charge on any atom is 0.411 e. The van der Waals surface area contributed by atoms with Crippen LogP contribution in [-0.4, -0.2) is 40.2 Å². The highest BCUT2D eigenvalue weighted by atomic mass is 32.1. The maximum absolute atomic E-state index is 12.0. The summed E-state index contributed by atoms with van der Waals surface area (Å²) in [5, 5.41) is 3.17. The number of piperazine rings is 1. The van der Waals surface area contributed by atoms with Crippen molar-refractivity contribution in [2.75, 3.05) is 6.54 Å². The molecule has 1 amide bonds. The number of rotatable bonds is 0. The molecule has 2 aliphatic rings. The summed E-state index contributed by atoms with van der Waals surface area (Å²) >= 11 is 5.23. The second-order valence-corrected chi connectivity index (χ2v) is 5.82. The van der Waals surface area contributed by atoms with Crippen molar-refractivity contribution < 1.29 is 9.53 Å².